The van der Waals surface area contributed by atoms with Crippen molar-refractivity contribution < 1.29 is 13.6 Å². The van der Waals surface area contributed by atoms with Crippen molar-refractivity contribution in [1.82, 2.24) is 9.97 Å². The predicted octanol–water partition coefficient (Wildman–Crippen LogP) is 2.39. The highest BCUT2D eigenvalue weighted by Gasteiger charge is 2.10. The number of aromatic amines is 2. The molecule has 0 fully saturated rings. The van der Waals surface area contributed by atoms with Crippen molar-refractivity contribution in [3.8, 4) is 0 Å². The summed E-state index contributed by atoms with van der Waals surface area (Å²) in [6.45, 7) is 0. The number of carbonyl (C=O) groups is 1. The summed E-state index contributed by atoms with van der Waals surface area (Å²) in [7, 11) is 0. The normalized spacial score (nSPS) is 10.8. The van der Waals surface area contributed by atoms with Crippen LogP contribution in [0.1, 0.15) is 10.4 Å². The van der Waals surface area contributed by atoms with Gasteiger partial charge in [-0.2, -0.15) is 0 Å². The Morgan fingerprint density at radius 1 is 0.952 bits per heavy atom. The Kier molecular flexibility index (Phi) is 3.02. The van der Waals surface area contributed by atoms with Gasteiger partial charge in [0.15, 0.2) is 0 Å². The zero-order valence-electron chi connectivity index (χ0n) is 10.5. The molecule has 5 nitrogen and oxygen atoms in total. The van der Waals surface area contributed by atoms with Gasteiger partial charge in [-0.1, -0.05) is 0 Å². The molecule has 3 aromatic rings. The highest BCUT2D eigenvalue weighted by Crippen LogP contribution is 2.16. The summed E-state index contributed by atoms with van der Waals surface area (Å²) in [5, 5.41) is 2.51. The van der Waals surface area contributed by atoms with E-state index in [9.17, 15) is 18.4 Å². The molecule has 21 heavy (non-hydrogen) atoms. The maximum Gasteiger partial charge on any atom is 0.323 e. The van der Waals surface area contributed by atoms with E-state index < -0.39 is 17.5 Å². The number of rotatable bonds is 2. The number of anilines is 1. The Balaban J connectivity index is 1.90. The van der Waals surface area contributed by atoms with Crippen molar-refractivity contribution >= 4 is 22.6 Å². The van der Waals surface area contributed by atoms with E-state index in [4.69, 9.17) is 0 Å². The Labute approximate surface area is 116 Å². The number of fused-ring (bicyclic) bond motifs is 1. The predicted molar refractivity (Wildman–Crippen MR) is 73.2 cm³/mol. The number of amides is 1. The minimum atomic E-state index is -0.828. The van der Waals surface area contributed by atoms with Crippen LogP contribution < -0.4 is 11.0 Å². The molecular formula is C14H9F2N3O2. The van der Waals surface area contributed by atoms with Gasteiger partial charge in [-0.05, 0) is 30.3 Å². The van der Waals surface area contributed by atoms with Crippen molar-refractivity contribution in [1.29, 1.82) is 0 Å². The molecule has 0 saturated heterocycles. The van der Waals surface area contributed by atoms with Gasteiger partial charge >= 0.3 is 5.69 Å². The van der Waals surface area contributed by atoms with Gasteiger partial charge < -0.3 is 15.3 Å². The smallest absolute Gasteiger partial charge is 0.322 e. The molecule has 1 amide bonds. The van der Waals surface area contributed by atoms with E-state index in [1.807, 2.05) is 0 Å². The fourth-order valence-electron chi connectivity index (χ4n) is 2.00. The van der Waals surface area contributed by atoms with Crippen LogP contribution in [0.25, 0.3) is 11.0 Å². The molecule has 0 bridgehead atoms. The molecule has 2 aromatic carbocycles. The minimum absolute atomic E-state index is 0.129. The molecule has 0 spiro atoms. The van der Waals surface area contributed by atoms with Crippen LogP contribution in [0, 0.1) is 11.6 Å². The van der Waals surface area contributed by atoms with E-state index in [2.05, 4.69) is 15.3 Å². The number of nitrogens with one attached hydrogen (secondary N) is 3. The first-order chi connectivity index (χ1) is 10.0. The molecule has 0 radical (unpaired) electrons. The third-order valence-electron chi connectivity index (χ3n) is 2.90. The molecule has 3 N–H and O–H groups in total. The van der Waals surface area contributed by atoms with Crippen LogP contribution in [0.4, 0.5) is 14.5 Å². The Hall–Kier alpha value is -2.96. The summed E-state index contributed by atoms with van der Waals surface area (Å²) in [4.78, 5) is 28.2. The lowest BCUT2D eigenvalue weighted by atomic mass is 10.2. The Morgan fingerprint density at radius 2 is 1.62 bits per heavy atom. The summed E-state index contributed by atoms with van der Waals surface area (Å²) in [5.41, 5.74) is 1.02. The van der Waals surface area contributed by atoms with Crippen LogP contribution in [0.5, 0.6) is 0 Å². The van der Waals surface area contributed by atoms with E-state index in [0.717, 1.165) is 12.1 Å². The van der Waals surface area contributed by atoms with E-state index >= 15 is 0 Å². The maximum absolute atomic E-state index is 13.1. The zero-order valence-corrected chi connectivity index (χ0v) is 10.5. The Morgan fingerprint density at radius 3 is 2.33 bits per heavy atom. The largest absolute Gasteiger partial charge is 0.323 e. The van der Waals surface area contributed by atoms with Crippen molar-refractivity contribution in [3.63, 3.8) is 0 Å². The Bertz CT molecular complexity index is 878. The topological polar surface area (TPSA) is 77.8 Å². The van der Waals surface area contributed by atoms with Gasteiger partial charge in [0.05, 0.1) is 11.0 Å². The van der Waals surface area contributed by atoms with Gasteiger partial charge in [0.2, 0.25) is 0 Å². The van der Waals surface area contributed by atoms with E-state index in [0.29, 0.717) is 22.8 Å². The van der Waals surface area contributed by atoms with Gasteiger partial charge in [-0.25, -0.2) is 13.6 Å². The highest BCUT2D eigenvalue weighted by atomic mass is 19.1. The quantitative estimate of drug-likeness (QED) is 0.677. The second kappa shape index (κ2) is 4.86. The van der Waals surface area contributed by atoms with Crippen LogP contribution in [0.2, 0.25) is 0 Å². The standard InChI is InChI=1S/C14H9F2N3O2/c15-8-3-7(4-9(16)5-8)13(20)17-10-1-2-11-12(6-10)19-14(21)18-11/h1-6H,(H,17,20)(H2,18,19,21). The zero-order chi connectivity index (χ0) is 15.0. The van der Waals surface area contributed by atoms with Gasteiger partial charge in [-0.3, -0.25) is 4.79 Å². The van der Waals surface area contributed by atoms with Gasteiger partial charge in [0.1, 0.15) is 11.6 Å². The van der Waals surface area contributed by atoms with E-state index in [1.54, 1.807) is 18.2 Å². The molecule has 1 aromatic heterocycles. The fourth-order valence-corrected chi connectivity index (χ4v) is 2.00. The lowest BCUT2D eigenvalue weighted by Gasteiger charge is -2.05. The molecule has 3 rings (SSSR count). The van der Waals surface area contributed by atoms with Crippen molar-refractivity contribution in [2.45, 2.75) is 0 Å². The molecule has 0 saturated carbocycles. The summed E-state index contributed by atoms with van der Waals surface area (Å²) in [5.74, 6) is -2.30. The van der Waals surface area contributed by atoms with Crippen LogP contribution in [0.15, 0.2) is 41.2 Å². The number of benzene rings is 2. The molecule has 7 heteroatoms. The molecule has 106 valence electrons. The van der Waals surface area contributed by atoms with Crippen molar-refractivity contribution in [3.05, 3.63) is 64.1 Å². The number of H-pyrrole nitrogens is 2. The summed E-state index contributed by atoms with van der Waals surface area (Å²) >= 11 is 0. The number of halogens is 2. The summed E-state index contributed by atoms with van der Waals surface area (Å²) in [6.07, 6.45) is 0. The average molecular weight is 289 g/mol. The lowest BCUT2D eigenvalue weighted by Crippen LogP contribution is -2.12. The summed E-state index contributed by atoms with van der Waals surface area (Å²) < 4.78 is 26.1. The van der Waals surface area contributed by atoms with Gasteiger partial charge in [-0.15, -0.1) is 0 Å². The van der Waals surface area contributed by atoms with Gasteiger partial charge in [0.25, 0.3) is 5.91 Å². The van der Waals surface area contributed by atoms with E-state index in [-0.39, 0.29) is 11.3 Å². The van der Waals surface area contributed by atoms with Crippen LogP contribution in [-0.4, -0.2) is 15.9 Å². The lowest BCUT2D eigenvalue weighted by molar-refractivity contribution is 0.102. The molecule has 0 aliphatic heterocycles. The third-order valence-corrected chi connectivity index (χ3v) is 2.90. The van der Waals surface area contributed by atoms with Crippen molar-refractivity contribution in [2.75, 3.05) is 5.32 Å². The van der Waals surface area contributed by atoms with Crippen LogP contribution in [-0.2, 0) is 0 Å². The minimum Gasteiger partial charge on any atom is -0.322 e. The average Bonchev–Trinajstić information content (AvgIpc) is 2.77. The first-order valence-corrected chi connectivity index (χ1v) is 6.01. The first kappa shape index (κ1) is 13.0. The summed E-state index contributed by atoms with van der Waals surface area (Å²) in [6, 6.07) is 7.28. The number of hydrogen-bond acceptors (Lipinski definition) is 2. The number of imidazole rings is 1. The maximum atomic E-state index is 13.1. The molecular weight excluding hydrogens is 280 g/mol. The SMILES string of the molecule is O=C(Nc1ccc2[nH]c(=O)[nH]c2c1)c1cc(F)cc(F)c1. The number of aromatic nitrogens is 2. The number of hydrogen-bond donors (Lipinski definition) is 3. The highest BCUT2D eigenvalue weighted by molar-refractivity contribution is 6.04. The first-order valence-electron chi connectivity index (χ1n) is 6.01. The van der Waals surface area contributed by atoms with Crippen LogP contribution >= 0.6 is 0 Å². The molecule has 0 atom stereocenters. The van der Waals surface area contributed by atoms with Crippen LogP contribution in [0.3, 0.4) is 0 Å². The second-order valence-corrected chi connectivity index (χ2v) is 4.45. The fraction of sp³-hybridized carbons (Fsp3) is 0. The third kappa shape index (κ3) is 2.66. The second-order valence-electron chi connectivity index (χ2n) is 4.45. The van der Waals surface area contributed by atoms with Gasteiger partial charge in [0, 0.05) is 17.3 Å². The monoisotopic (exact) mass is 289 g/mol. The molecule has 0 unspecified atom stereocenters. The molecule has 0 aliphatic carbocycles. The molecule has 0 aliphatic rings. The number of carbonyl (C=O) groups excluding carboxylic acids is 1. The van der Waals surface area contributed by atoms with E-state index in [1.165, 1.54) is 0 Å². The van der Waals surface area contributed by atoms with Crippen molar-refractivity contribution in [2.24, 2.45) is 0 Å². The molecule has 1 heterocycles.